The molecule has 0 aliphatic carbocycles. The van der Waals surface area contributed by atoms with Gasteiger partial charge in [-0.2, -0.15) is 0 Å². The molecule has 0 atom stereocenters. The molecule has 0 saturated heterocycles. The number of hydrogen-bond donors (Lipinski definition) is 2. The van der Waals surface area contributed by atoms with Gasteiger partial charge in [0.15, 0.2) is 0 Å². The van der Waals surface area contributed by atoms with Gasteiger partial charge in [0.05, 0.1) is 16.3 Å². The maximum atomic E-state index is 10.2. The molecule has 1 aliphatic rings. The molecule has 0 aromatic heterocycles. The smallest absolute Gasteiger partial charge is 0.300 e. The van der Waals surface area contributed by atoms with Gasteiger partial charge < -0.3 is 20.0 Å². The van der Waals surface area contributed by atoms with Gasteiger partial charge in [0, 0.05) is 23.4 Å². The molecule has 0 saturated carbocycles. The molecule has 26 heavy (non-hydrogen) atoms. The van der Waals surface area contributed by atoms with Crippen LogP contribution in [-0.4, -0.2) is 48.3 Å². The Morgan fingerprint density at radius 2 is 1.92 bits per heavy atom. The number of aromatic hydroxyl groups is 1. The second kappa shape index (κ2) is 9.16. The second-order valence-corrected chi connectivity index (χ2v) is 7.66. The number of benzene rings is 2. The highest BCUT2D eigenvalue weighted by Crippen LogP contribution is 2.51. The number of carbonyl (C=O) groups is 1. The Morgan fingerprint density at radius 1 is 1.23 bits per heavy atom. The van der Waals surface area contributed by atoms with Crippen LogP contribution in [0.15, 0.2) is 46.2 Å². The number of nitrogens with zero attached hydrogens (tertiary/aromatic N) is 2. The highest BCUT2D eigenvalue weighted by molar-refractivity contribution is 7.99. The van der Waals surface area contributed by atoms with Crippen LogP contribution in [0.2, 0.25) is 5.02 Å². The first-order valence-electron chi connectivity index (χ1n) is 8.20. The van der Waals surface area contributed by atoms with Crippen LogP contribution >= 0.6 is 23.4 Å². The summed E-state index contributed by atoms with van der Waals surface area (Å²) in [6, 6.07) is 11.6. The Kier molecular flexibility index (Phi) is 7.20. The molecule has 1 aliphatic heterocycles. The summed E-state index contributed by atoms with van der Waals surface area (Å²) in [4.78, 5) is 15.5. The van der Waals surface area contributed by atoms with Crippen molar-refractivity contribution in [3.8, 4) is 5.75 Å². The lowest BCUT2D eigenvalue weighted by molar-refractivity contribution is -0.134. The molecule has 7 heteroatoms. The van der Waals surface area contributed by atoms with Gasteiger partial charge in [-0.15, -0.1) is 0 Å². The van der Waals surface area contributed by atoms with E-state index in [1.54, 1.807) is 17.8 Å². The molecule has 0 spiro atoms. The van der Waals surface area contributed by atoms with E-state index in [1.165, 1.54) is 0 Å². The number of halogens is 1. The van der Waals surface area contributed by atoms with E-state index in [0.29, 0.717) is 5.75 Å². The molecular weight excluding hydrogens is 372 g/mol. The van der Waals surface area contributed by atoms with Crippen molar-refractivity contribution < 1.29 is 15.0 Å². The number of phenols is 1. The fraction of sp³-hybridized carbons (Fsp3) is 0.316. The Bertz CT molecular complexity index is 777. The number of fused-ring (bicyclic) bond motifs is 2. The highest BCUT2D eigenvalue weighted by atomic mass is 35.5. The van der Waals surface area contributed by atoms with Gasteiger partial charge >= 0.3 is 0 Å². The second-order valence-electron chi connectivity index (χ2n) is 6.17. The monoisotopic (exact) mass is 394 g/mol. The molecule has 140 valence electrons. The number of aliphatic carboxylic acids is 1. The molecule has 0 bridgehead atoms. The number of anilines is 2. The van der Waals surface area contributed by atoms with Crippen molar-refractivity contribution in [2.45, 2.75) is 23.1 Å². The van der Waals surface area contributed by atoms with Crippen LogP contribution in [0.3, 0.4) is 0 Å². The lowest BCUT2D eigenvalue weighted by Crippen LogP contribution is -2.25. The molecule has 5 nitrogen and oxygen atoms in total. The molecule has 3 rings (SSSR count). The van der Waals surface area contributed by atoms with Crippen LogP contribution < -0.4 is 4.90 Å². The molecule has 0 radical (unpaired) electrons. The minimum absolute atomic E-state index is 0.334. The van der Waals surface area contributed by atoms with Crippen LogP contribution in [0.25, 0.3) is 0 Å². The van der Waals surface area contributed by atoms with Crippen LogP contribution in [0, 0.1) is 0 Å². The number of phenolic OH excluding ortho intramolecular Hbond substituents is 1. The third-order valence-corrected chi connectivity index (χ3v) is 5.10. The van der Waals surface area contributed by atoms with Crippen LogP contribution in [0.4, 0.5) is 11.4 Å². The summed E-state index contributed by atoms with van der Waals surface area (Å²) in [5, 5.41) is 18.3. The van der Waals surface area contributed by atoms with Crippen molar-refractivity contribution in [3.05, 3.63) is 41.4 Å². The average molecular weight is 395 g/mol. The first-order chi connectivity index (χ1) is 12.3. The molecular formula is C19H23ClN2O3S. The summed E-state index contributed by atoms with van der Waals surface area (Å²) in [5.41, 5.74) is 2.17. The molecule has 1 heterocycles. The van der Waals surface area contributed by atoms with Crippen molar-refractivity contribution in [2.75, 3.05) is 32.1 Å². The van der Waals surface area contributed by atoms with E-state index in [-0.39, 0.29) is 0 Å². The van der Waals surface area contributed by atoms with Crippen LogP contribution in [0.1, 0.15) is 13.3 Å². The van der Waals surface area contributed by atoms with E-state index in [1.807, 2.05) is 24.3 Å². The van der Waals surface area contributed by atoms with Gasteiger partial charge in [-0.05, 0) is 57.4 Å². The normalized spacial score (nSPS) is 12.1. The number of carboxylic acid groups (broad SMARTS) is 1. The maximum absolute atomic E-state index is 10.2. The largest absolute Gasteiger partial charge is 0.507 e. The van der Waals surface area contributed by atoms with E-state index in [9.17, 15) is 5.11 Å². The zero-order chi connectivity index (χ0) is 19.3. The lowest BCUT2D eigenvalue weighted by atomic mass is 10.2. The summed E-state index contributed by atoms with van der Waals surface area (Å²) >= 11 is 7.79. The Labute approximate surface area is 163 Å². The fourth-order valence-electron chi connectivity index (χ4n) is 2.64. The van der Waals surface area contributed by atoms with Gasteiger partial charge in [-0.1, -0.05) is 29.4 Å². The molecule has 2 N–H and O–H groups in total. The van der Waals surface area contributed by atoms with Gasteiger partial charge in [0.2, 0.25) is 0 Å². The van der Waals surface area contributed by atoms with E-state index >= 15 is 0 Å². The van der Waals surface area contributed by atoms with E-state index < -0.39 is 5.97 Å². The third kappa shape index (κ3) is 5.30. The SMILES string of the molecule is CC(=O)O.CN(C)CCCN1c2cc(Cl)ccc2Sc2c(O)cccc21. The zero-order valence-electron chi connectivity index (χ0n) is 15.1. The predicted molar refractivity (Wildman–Crippen MR) is 107 cm³/mol. The lowest BCUT2D eigenvalue weighted by Gasteiger charge is -2.33. The van der Waals surface area contributed by atoms with Crippen molar-refractivity contribution >= 4 is 40.7 Å². The Morgan fingerprint density at radius 3 is 2.58 bits per heavy atom. The maximum Gasteiger partial charge on any atom is 0.300 e. The summed E-state index contributed by atoms with van der Waals surface area (Å²) < 4.78 is 0. The molecule has 0 unspecified atom stereocenters. The topological polar surface area (TPSA) is 64.0 Å². The zero-order valence-corrected chi connectivity index (χ0v) is 16.6. The first-order valence-corrected chi connectivity index (χ1v) is 9.40. The van der Waals surface area contributed by atoms with Crippen molar-refractivity contribution in [1.29, 1.82) is 0 Å². The summed E-state index contributed by atoms with van der Waals surface area (Å²) in [5.74, 6) is -0.499. The quantitative estimate of drug-likeness (QED) is 0.784. The standard InChI is InChI=1S/C17H19ClN2OS.C2H4O2/c1-19(2)9-4-10-20-13-5-3-6-15(21)17(13)22-16-8-7-12(18)11-14(16)20;1-2(3)4/h3,5-8,11,21H,4,9-10H2,1-2H3;1H3,(H,3,4). The van der Waals surface area contributed by atoms with Crippen molar-refractivity contribution in [3.63, 3.8) is 0 Å². The van der Waals surface area contributed by atoms with Gasteiger partial charge in [0.1, 0.15) is 5.75 Å². The average Bonchev–Trinajstić information content (AvgIpc) is 2.54. The number of carboxylic acids is 1. The van der Waals surface area contributed by atoms with E-state index in [2.05, 4.69) is 30.0 Å². The Hall–Kier alpha value is -1.89. The first kappa shape index (κ1) is 20.4. The van der Waals surface area contributed by atoms with Gasteiger partial charge in [-0.3, -0.25) is 4.79 Å². The molecule has 0 amide bonds. The highest BCUT2D eigenvalue weighted by Gasteiger charge is 2.25. The third-order valence-electron chi connectivity index (χ3n) is 3.68. The van der Waals surface area contributed by atoms with E-state index in [0.717, 1.165) is 52.6 Å². The summed E-state index contributed by atoms with van der Waals surface area (Å²) in [6.45, 7) is 3.00. The summed E-state index contributed by atoms with van der Waals surface area (Å²) in [6.07, 6.45) is 1.04. The summed E-state index contributed by atoms with van der Waals surface area (Å²) in [7, 11) is 4.16. The molecule has 2 aromatic carbocycles. The predicted octanol–water partition coefficient (Wildman–Crippen LogP) is 4.69. The minimum Gasteiger partial charge on any atom is -0.507 e. The molecule has 2 aromatic rings. The van der Waals surface area contributed by atoms with Gasteiger partial charge in [0.25, 0.3) is 5.97 Å². The number of rotatable bonds is 4. The van der Waals surface area contributed by atoms with Crippen LogP contribution in [0.5, 0.6) is 5.75 Å². The van der Waals surface area contributed by atoms with Gasteiger partial charge in [-0.25, -0.2) is 0 Å². The fourth-order valence-corrected chi connectivity index (χ4v) is 3.90. The van der Waals surface area contributed by atoms with Crippen molar-refractivity contribution in [1.82, 2.24) is 4.90 Å². The minimum atomic E-state index is -0.833. The van der Waals surface area contributed by atoms with Crippen molar-refractivity contribution in [2.24, 2.45) is 0 Å². The molecule has 0 fully saturated rings. The van der Waals surface area contributed by atoms with E-state index in [4.69, 9.17) is 21.5 Å². The number of hydrogen-bond acceptors (Lipinski definition) is 5. The Balaban J connectivity index is 0.000000552. The van der Waals surface area contributed by atoms with Crippen LogP contribution in [-0.2, 0) is 4.79 Å².